The van der Waals surface area contributed by atoms with E-state index in [2.05, 4.69) is 10.2 Å². The number of benzene rings is 1. The number of aromatic nitrogens is 2. The van der Waals surface area contributed by atoms with Crippen LogP contribution >= 0.6 is 11.8 Å². The number of methoxy groups -OCH3 is 1. The van der Waals surface area contributed by atoms with Gasteiger partial charge in [0.15, 0.2) is 0 Å². The largest absolute Gasteiger partial charge is 0.497 e. The number of hydrogen-bond acceptors (Lipinski definition) is 6. The van der Waals surface area contributed by atoms with Crippen LogP contribution in [0.25, 0.3) is 11.3 Å². The van der Waals surface area contributed by atoms with Crippen LogP contribution in [0.15, 0.2) is 58.0 Å². The fourth-order valence-electron chi connectivity index (χ4n) is 2.03. The van der Waals surface area contributed by atoms with E-state index in [1.807, 2.05) is 36.4 Å². The summed E-state index contributed by atoms with van der Waals surface area (Å²) in [5.41, 5.74) is 1.73. The van der Waals surface area contributed by atoms with Gasteiger partial charge in [0.1, 0.15) is 16.5 Å². The Morgan fingerprint density at radius 2 is 1.92 bits per heavy atom. The number of carbonyl (C=O) groups is 1. The van der Waals surface area contributed by atoms with Gasteiger partial charge in [0.2, 0.25) is 5.76 Å². The summed E-state index contributed by atoms with van der Waals surface area (Å²) in [5.74, 6) is 0.724. The number of hydrogen-bond donors (Lipinski definition) is 1. The molecule has 0 aliphatic rings. The molecule has 2 aromatic heterocycles. The molecule has 0 aliphatic carbocycles. The zero-order valence-corrected chi connectivity index (χ0v) is 13.6. The van der Waals surface area contributed by atoms with Crippen LogP contribution in [0, 0.1) is 0 Å². The maximum Gasteiger partial charge on any atom is 0.371 e. The van der Waals surface area contributed by atoms with Gasteiger partial charge in [-0.25, -0.2) is 4.79 Å². The molecule has 122 valence electrons. The summed E-state index contributed by atoms with van der Waals surface area (Å²) < 4.78 is 10.3. The van der Waals surface area contributed by atoms with Crippen LogP contribution in [0.4, 0.5) is 0 Å². The third-order valence-electron chi connectivity index (χ3n) is 3.26. The fraction of sp³-hybridized carbons (Fsp3) is 0.118. The normalized spacial score (nSPS) is 10.5. The standard InChI is InChI=1S/C17H14N2O4S/c1-22-12-4-2-11(3-5-12)14-7-9-16(19-18-14)24-10-13-6-8-15(23-13)17(20)21/h2-9H,10H2,1H3,(H,20,21). The SMILES string of the molecule is COc1ccc(-c2ccc(SCc3ccc(C(=O)O)o3)nn2)cc1. The van der Waals surface area contributed by atoms with Crippen molar-refractivity contribution in [2.24, 2.45) is 0 Å². The van der Waals surface area contributed by atoms with Crippen molar-refractivity contribution < 1.29 is 19.1 Å². The minimum atomic E-state index is -1.07. The Hall–Kier alpha value is -2.80. The molecule has 0 bridgehead atoms. The third kappa shape index (κ3) is 3.75. The van der Waals surface area contributed by atoms with Gasteiger partial charge >= 0.3 is 5.97 Å². The number of aromatic carboxylic acids is 1. The molecule has 3 aromatic rings. The average Bonchev–Trinajstić information content (AvgIpc) is 3.10. The van der Waals surface area contributed by atoms with Gasteiger partial charge in [-0.1, -0.05) is 11.8 Å². The van der Waals surface area contributed by atoms with E-state index in [-0.39, 0.29) is 5.76 Å². The average molecular weight is 342 g/mol. The summed E-state index contributed by atoms with van der Waals surface area (Å²) in [7, 11) is 1.62. The molecule has 0 aliphatic heterocycles. The van der Waals surface area contributed by atoms with E-state index in [4.69, 9.17) is 14.3 Å². The van der Waals surface area contributed by atoms with Crippen molar-refractivity contribution in [3.05, 3.63) is 60.1 Å². The van der Waals surface area contributed by atoms with Gasteiger partial charge in [-0.15, -0.1) is 10.2 Å². The summed E-state index contributed by atoms with van der Waals surface area (Å²) in [6.07, 6.45) is 0. The lowest BCUT2D eigenvalue weighted by Crippen LogP contribution is -1.92. The van der Waals surface area contributed by atoms with Gasteiger partial charge in [-0.2, -0.15) is 0 Å². The molecular formula is C17H14N2O4S. The molecule has 0 fully saturated rings. The first-order valence-electron chi connectivity index (χ1n) is 7.08. The Labute approximate surface area is 142 Å². The minimum absolute atomic E-state index is 0.0634. The molecule has 0 radical (unpaired) electrons. The minimum Gasteiger partial charge on any atom is -0.497 e. The molecule has 0 unspecified atom stereocenters. The van der Waals surface area contributed by atoms with E-state index in [0.29, 0.717) is 11.5 Å². The van der Waals surface area contributed by atoms with E-state index < -0.39 is 5.97 Å². The molecule has 24 heavy (non-hydrogen) atoms. The first-order chi connectivity index (χ1) is 11.7. The predicted molar refractivity (Wildman–Crippen MR) is 89.2 cm³/mol. The predicted octanol–water partition coefficient (Wildman–Crippen LogP) is 3.74. The molecule has 0 atom stereocenters. The van der Waals surface area contributed by atoms with E-state index in [1.54, 1.807) is 13.2 Å². The first kappa shape index (κ1) is 16.1. The second kappa shape index (κ2) is 7.18. The second-order valence-corrected chi connectivity index (χ2v) is 5.84. The van der Waals surface area contributed by atoms with Crippen molar-refractivity contribution in [1.82, 2.24) is 10.2 Å². The molecule has 1 N–H and O–H groups in total. The maximum absolute atomic E-state index is 10.8. The Morgan fingerprint density at radius 3 is 2.50 bits per heavy atom. The summed E-state index contributed by atoms with van der Waals surface area (Å²) in [5, 5.41) is 18.0. The Balaban J connectivity index is 1.64. The van der Waals surface area contributed by atoms with Crippen molar-refractivity contribution in [2.75, 3.05) is 7.11 Å². The zero-order chi connectivity index (χ0) is 16.9. The van der Waals surface area contributed by atoms with Crippen molar-refractivity contribution in [3.63, 3.8) is 0 Å². The van der Waals surface area contributed by atoms with Crippen LogP contribution in [0.2, 0.25) is 0 Å². The fourth-order valence-corrected chi connectivity index (χ4v) is 2.74. The van der Waals surface area contributed by atoms with Gasteiger partial charge in [0.05, 0.1) is 18.6 Å². The van der Waals surface area contributed by atoms with Gasteiger partial charge < -0.3 is 14.3 Å². The van der Waals surface area contributed by atoms with Crippen LogP contribution in [-0.4, -0.2) is 28.4 Å². The second-order valence-electron chi connectivity index (χ2n) is 4.85. The van der Waals surface area contributed by atoms with Crippen molar-refractivity contribution >= 4 is 17.7 Å². The lowest BCUT2D eigenvalue weighted by molar-refractivity contribution is 0.0661. The highest BCUT2D eigenvalue weighted by Crippen LogP contribution is 2.24. The van der Waals surface area contributed by atoms with Gasteiger partial charge in [-0.3, -0.25) is 0 Å². The van der Waals surface area contributed by atoms with Crippen molar-refractivity contribution in [2.45, 2.75) is 10.8 Å². The highest BCUT2D eigenvalue weighted by molar-refractivity contribution is 7.98. The van der Waals surface area contributed by atoms with Crippen LogP contribution in [0.1, 0.15) is 16.3 Å². The van der Waals surface area contributed by atoms with Crippen LogP contribution in [0.5, 0.6) is 5.75 Å². The molecule has 0 saturated heterocycles. The maximum atomic E-state index is 10.8. The number of rotatable bonds is 6. The topological polar surface area (TPSA) is 85.5 Å². The Kier molecular flexibility index (Phi) is 4.81. The van der Waals surface area contributed by atoms with E-state index in [9.17, 15) is 4.79 Å². The van der Waals surface area contributed by atoms with Crippen LogP contribution < -0.4 is 4.74 Å². The summed E-state index contributed by atoms with van der Waals surface area (Å²) in [4.78, 5) is 10.8. The summed E-state index contributed by atoms with van der Waals surface area (Å²) in [6.45, 7) is 0. The molecule has 0 saturated carbocycles. The van der Waals surface area contributed by atoms with Crippen molar-refractivity contribution in [3.8, 4) is 17.0 Å². The molecule has 2 heterocycles. The lowest BCUT2D eigenvalue weighted by Gasteiger charge is -2.03. The van der Waals surface area contributed by atoms with Crippen LogP contribution in [0.3, 0.4) is 0 Å². The zero-order valence-electron chi connectivity index (χ0n) is 12.8. The molecule has 3 rings (SSSR count). The summed E-state index contributed by atoms with van der Waals surface area (Å²) in [6, 6.07) is 14.4. The molecule has 7 heteroatoms. The van der Waals surface area contributed by atoms with E-state index in [0.717, 1.165) is 22.0 Å². The smallest absolute Gasteiger partial charge is 0.371 e. The lowest BCUT2D eigenvalue weighted by atomic mass is 10.1. The number of carboxylic acid groups (broad SMARTS) is 1. The third-order valence-corrected chi connectivity index (χ3v) is 4.20. The Bertz CT molecular complexity index is 829. The van der Waals surface area contributed by atoms with E-state index >= 15 is 0 Å². The van der Waals surface area contributed by atoms with Gasteiger partial charge in [-0.05, 0) is 48.5 Å². The highest BCUT2D eigenvalue weighted by Gasteiger charge is 2.09. The molecule has 6 nitrogen and oxygen atoms in total. The van der Waals surface area contributed by atoms with Crippen molar-refractivity contribution in [1.29, 1.82) is 0 Å². The molecular weight excluding hydrogens is 328 g/mol. The number of carboxylic acids is 1. The number of thioether (sulfide) groups is 1. The van der Waals surface area contributed by atoms with Crippen LogP contribution in [-0.2, 0) is 5.75 Å². The molecule has 1 aromatic carbocycles. The van der Waals surface area contributed by atoms with Gasteiger partial charge in [0.25, 0.3) is 0 Å². The quantitative estimate of drug-likeness (QED) is 0.683. The first-order valence-corrected chi connectivity index (χ1v) is 8.07. The highest BCUT2D eigenvalue weighted by atomic mass is 32.2. The molecule has 0 spiro atoms. The number of furan rings is 1. The number of ether oxygens (including phenoxy) is 1. The monoisotopic (exact) mass is 342 g/mol. The van der Waals surface area contributed by atoms with E-state index in [1.165, 1.54) is 17.8 Å². The molecule has 0 amide bonds. The number of nitrogens with zero attached hydrogens (tertiary/aromatic N) is 2. The Morgan fingerprint density at radius 1 is 1.12 bits per heavy atom. The van der Waals surface area contributed by atoms with Gasteiger partial charge in [0, 0.05) is 5.56 Å². The summed E-state index contributed by atoms with van der Waals surface area (Å²) >= 11 is 1.43.